The van der Waals surface area contributed by atoms with Crippen molar-refractivity contribution >= 4 is 21.4 Å². The molecule has 0 spiro atoms. The number of alkyl halides is 3. The van der Waals surface area contributed by atoms with Gasteiger partial charge in [0.05, 0.1) is 5.56 Å². The maximum Gasteiger partial charge on any atom is 0.416 e. The second-order valence-electron chi connectivity index (χ2n) is 3.32. The monoisotopic (exact) mass is 230 g/mol. The van der Waals surface area contributed by atoms with Gasteiger partial charge in [-0.05, 0) is 40.9 Å². The van der Waals surface area contributed by atoms with Crippen molar-refractivity contribution in [2.75, 3.05) is 0 Å². The number of aryl methyl sites for hydroxylation is 1. The average Bonchev–Trinajstić information content (AvgIpc) is 2.57. The molecule has 2 aromatic rings. The van der Waals surface area contributed by atoms with Gasteiger partial charge in [0.15, 0.2) is 0 Å². The standard InChI is InChI=1S/C11H9F3S/c1-2-7-6-15-10-4-3-8(5-9(7)10)11(12,13)14/h3-6H,2H2,1H3. The van der Waals surface area contributed by atoms with Crippen LogP contribution in [0, 0.1) is 0 Å². The molecule has 0 radical (unpaired) electrons. The summed E-state index contributed by atoms with van der Waals surface area (Å²) >= 11 is 1.49. The maximum absolute atomic E-state index is 12.5. The number of hydrogen-bond donors (Lipinski definition) is 0. The molecule has 80 valence electrons. The van der Waals surface area contributed by atoms with Crippen molar-refractivity contribution in [3.63, 3.8) is 0 Å². The highest BCUT2D eigenvalue weighted by Crippen LogP contribution is 2.34. The van der Waals surface area contributed by atoms with E-state index in [9.17, 15) is 13.2 Å². The highest BCUT2D eigenvalue weighted by atomic mass is 32.1. The predicted octanol–water partition coefficient (Wildman–Crippen LogP) is 4.48. The van der Waals surface area contributed by atoms with E-state index in [-0.39, 0.29) is 0 Å². The fourth-order valence-corrected chi connectivity index (χ4v) is 2.56. The molecule has 15 heavy (non-hydrogen) atoms. The van der Waals surface area contributed by atoms with Crippen molar-refractivity contribution in [2.45, 2.75) is 19.5 Å². The number of fused-ring (bicyclic) bond motifs is 1. The molecule has 0 saturated heterocycles. The first-order valence-corrected chi connectivity index (χ1v) is 5.47. The van der Waals surface area contributed by atoms with E-state index < -0.39 is 11.7 Å². The quantitative estimate of drug-likeness (QED) is 0.677. The Morgan fingerprint density at radius 1 is 1.27 bits per heavy atom. The Balaban J connectivity index is 2.63. The van der Waals surface area contributed by atoms with E-state index in [1.54, 1.807) is 6.07 Å². The first kappa shape index (κ1) is 10.5. The summed E-state index contributed by atoms with van der Waals surface area (Å²) in [7, 11) is 0. The fraction of sp³-hybridized carbons (Fsp3) is 0.273. The molecule has 0 bridgehead atoms. The Labute approximate surface area is 89.3 Å². The summed E-state index contributed by atoms with van der Waals surface area (Å²) in [6.45, 7) is 1.95. The van der Waals surface area contributed by atoms with E-state index in [2.05, 4.69) is 0 Å². The van der Waals surface area contributed by atoms with Crippen molar-refractivity contribution in [3.05, 3.63) is 34.7 Å². The van der Waals surface area contributed by atoms with Gasteiger partial charge in [-0.1, -0.05) is 6.92 Å². The summed E-state index contributed by atoms with van der Waals surface area (Å²) in [4.78, 5) is 0. The van der Waals surface area contributed by atoms with Gasteiger partial charge in [0.1, 0.15) is 0 Å². The van der Waals surface area contributed by atoms with E-state index in [0.29, 0.717) is 0 Å². The molecule has 0 aliphatic heterocycles. The minimum atomic E-state index is -4.25. The molecule has 1 aromatic carbocycles. The first-order valence-electron chi connectivity index (χ1n) is 4.59. The van der Waals surface area contributed by atoms with Gasteiger partial charge in [-0.3, -0.25) is 0 Å². The molecule has 0 nitrogen and oxygen atoms in total. The van der Waals surface area contributed by atoms with Crippen LogP contribution in [0.5, 0.6) is 0 Å². The fourth-order valence-electron chi connectivity index (χ4n) is 1.53. The van der Waals surface area contributed by atoms with Crippen LogP contribution in [-0.4, -0.2) is 0 Å². The van der Waals surface area contributed by atoms with Crippen LogP contribution in [-0.2, 0) is 12.6 Å². The van der Waals surface area contributed by atoms with Gasteiger partial charge in [0.2, 0.25) is 0 Å². The summed E-state index contributed by atoms with van der Waals surface area (Å²) in [5.41, 5.74) is 0.421. The van der Waals surface area contributed by atoms with E-state index >= 15 is 0 Å². The Morgan fingerprint density at radius 2 is 2.00 bits per heavy atom. The highest BCUT2D eigenvalue weighted by molar-refractivity contribution is 7.17. The lowest BCUT2D eigenvalue weighted by Crippen LogP contribution is -2.04. The van der Waals surface area contributed by atoms with Gasteiger partial charge < -0.3 is 0 Å². The second-order valence-corrected chi connectivity index (χ2v) is 4.23. The third-order valence-electron chi connectivity index (χ3n) is 2.36. The van der Waals surface area contributed by atoms with E-state index in [1.807, 2.05) is 12.3 Å². The van der Waals surface area contributed by atoms with Crippen molar-refractivity contribution in [1.29, 1.82) is 0 Å². The van der Waals surface area contributed by atoms with Crippen LogP contribution in [0.25, 0.3) is 10.1 Å². The van der Waals surface area contributed by atoms with Crippen LogP contribution in [0.2, 0.25) is 0 Å². The molecule has 0 aliphatic rings. The van der Waals surface area contributed by atoms with E-state index in [1.165, 1.54) is 17.4 Å². The number of thiophene rings is 1. The summed E-state index contributed by atoms with van der Waals surface area (Å²) in [5.74, 6) is 0. The summed E-state index contributed by atoms with van der Waals surface area (Å²) in [6.07, 6.45) is -3.48. The Morgan fingerprint density at radius 3 is 2.60 bits per heavy atom. The Bertz CT molecular complexity index is 482. The molecular weight excluding hydrogens is 221 g/mol. The molecule has 0 atom stereocenters. The highest BCUT2D eigenvalue weighted by Gasteiger charge is 2.30. The SMILES string of the molecule is CCc1csc2ccc(C(F)(F)F)cc12. The molecule has 0 aliphatic carbocycles. The zero-order valence-corrected chi connectivity index (χ0v) is 8.88. The number of hydrogen-bond acceptors (Lipinski definition) is 1. The molecule has 4 heteroatoms. The molecule has 1 heterocycles. The molecule has 0 saturated carbocycles. The van der Waals surface area contributed by atoms with E-state index in [4.69, 9.17) is 0 Å². The lowest BCUT2D eigenvalue weighted by atomic mass is 10.1. The molecule has 0 amide bonds. The molecule has 0 N–H and O–H groups in total. The first-order chi connectivity index (χ1) is 7.02. The lowest BCUT2D eigenvalue weighted by molar-refractivity contribution is -0.137. The normalized spacial score (nSPS) is 12.3. The van der Waals surface area contributed by atoms with Crippen LogP contribution in [0.4, 0.5) is 13.2 Å². The second kappa shape index (κ2) is 3.52. The van der Waals surface area contributed by atoms with Crippen LogP contribution >= 0.6 is 11.3 Å². The Kier molecular flexibility index (Phi) is 2.46. The summed E-state index contributed by atoms with van der Waals surface area (Å²) < 4.78 is 38.3. The van der Waals surface area contributed by atoms with Gasteiger partial charge in [0, 0.05) is 4.70 Å². The third-order valence-corrected chi connectivity index (χ3v) is 3.37. The Hall–Kier alpha value is -1.03. The van der Waals surface area contributed by atoms with Crippen LogP contribution in [0.3, 0.4) is 0 Å². The topological polar surface area (TPSA) is 0 Å². The van der Waals surface area contributed by atoms with E-state index in [0.717, 1.165) is 28.1 Å². The van der Waals surface area contributed by atoms with Crippen molar-refractivity contribution in [1.82, 2.24) is 0 Å². The zero-order chi connectivity index (χ0) is 11.1. The largest absolute Gasteiger partial charge is 0.416 e. The minimum absolute atomic E-state index is 0.567. The average molecular weight is 230 g/mol. The van der Waals surface area contributed by atoms with Gasteiger partial charge in [-0.25, -0.2) is 0 Å². The van der Waals surface area contributed by atoms with Crippen LogP contribution in [0.1, 0.15) is 18.1 Å². The maximum atomic E-state index is 12.5. The molecule has 0 fully saturated rings. The van der Waals surface area contributed by atoms with Gasteiger partial charge >= 0.3 is 6.18 Å². The summed E-state index contributed by atoms with van der Waals surface area (Å²) in [5, 5.41) is 2.66. The van der Waals surface area contributed by atoms with Gasteiger partial charge in [0.25, 0.3) is 0 Å². The molecule has 2 rings (SSSR count). The third kappa shape index (κ3) is 1.86. The van der Waals surface area contributed by atoms with Crippen LogP contribution in [0.15, 0.2) is 23.6 Å². The van der Waals surface area contributed by atoms with Gasteiger partial charge in [-0.15, -0.1) is 11.3 Å². The zero-order valence-electron chi connectivity index (χ0n) is 8.06. The molecule has 1 aromatic heterocycles. The number of benzene rings is 1. The van der Waals surface area contributed by atoms with Crippen molar-refractivity contribution in [3.8, 4) is 0 Å². The number of rotatable bonds is 1. The smallest absolute Gasteiger partial charge is 0.166 e. The molecular formula is C11H9F3S. The van der Waals surface area contributed by atoms with Crippen molar-refractivity contribution < 1.29 is 13.2 Å². The summed E-state index contributed by atoms with van der Waals surface area (Å²) in [6, 6.07) is 3.92. The number of halogens is 3. The lowest BCUT2D eigenvalue weighted by Gasteiger charge is -2.06. The van der Waals surface area contributed by atoms with Gasteiger partial charge in [-0.2, -0.15) is 13.2 Å². The minimum Gasteiger partial charge on any atom is -0.166 e. The molecule has 0 unspecified atom stereocenters. The predicted molar refractivity (Wildman–Crippen MR) is 56.2 cm³/mol. The van der Waals surface area contributed by atoms with Crippen molar-refractivity contribution in [2.24, 2.45) is 0 Å². The van der Waals surface area contributed by atoms with Crippen LogP contribution < -0.4 is 0 Å².